The highest BCUT2D eigenvalue weighted by molar-refractivity contribution is 7.26. The summed E-state index contributed by atoms with van der Waals surface area (Å²) in [6, 6.07) is 4.46. The lowest BCUT2D eigenvalue weighted by Crippen LogP contribution is -2.20. The maximum absolute atomic E-state index is 8.92. The molecule has 0 unspecified atom stereocenters. The van der Waals surface area contributed by atoms with Crippen LogP contribution in [0.15, 0.2) is 12.1 Å². The Kier molecular flexibility index (Phi) is 8.73. The van der Waals surface area contributed by atoms with Crippen LogP contribution in [-0.2, 0) is 12.8 Å². The summed E-state index contributed by atoms with van der Waals surface area (Å²) in [6.07, 6.45) is 1.82. The molecule has 0 aliphatic heterocycles. The van der Waals surface area contributed by atoms with Gasteiger partial charge in [-0.1, -0.05) is 11.3 Å². The van der Waals surface area contributed by atoms with E-state index in [1.54, 1.807) is 34.0 Å². The second-order valence-electron chi connectivity index (χ2n) is 6.78. The van der Waals surface area contributed by atoms with E-state index in [-0.39, 0.29) is 13.2 Å². The van der Waals surface area contributed by atoms with Gasteiger partial charge in [0, 0.05) is 22.8 Å². The molecule has 0 aliphatic carbocycles. The third-order valence-corrected chi connectivity index (χ3v) is 7.81. The zero-order valence-corrected chi connectivity index (χ0v) is 19.3. The Hall–Kier alpha value is -1.20. The molecule has 0 saturated heterocycles. The number of aliphatic hydroxyl groups excluding tert-OH is 2. The van der Waals surface area contributed by atoms with Gasteiger partial charge in [0.25, 0.3) is 0 Å². The molecule has 0 atom stereocenters. The number of thiophene rings is 2. The first-order valence-electron chi connectivity index (χ1n) is 9.78. The van der Waals surface area contributed by atoms with Crippen molar-refractivity contribution in [1.29, 1.82) is 0 Å². The zero-order chi connectivity index (χ0) is 20.6. The summed E-state index contributed by atoms with van der Waals surface area (Å²) in [6.45, 7) is 7.49. The molecular weight excluding hydrogens is 424 g/mol. The first kappa shape index (κ1) is 22.5. The van der Waals surface area contributed by atoms with Gasteiger partial charge in [-0.15, -0.1) is 32.9 Å². The van der Waals surface area contributed by atoms with Crippen LogP contribution in [0.25, 0.3) is 19.8 Å². The lowest BCUT2D eigenvalue weighted by atomic mass is 10.2. The van der Waals surface area contributed by atoms with Crippen molar-refractivity contribution >= 4 is 34.0 Å². The SMILES string of the molecule is Cc1cc(CCNCCO)c(-c2nnc(-c3sc(C)cc3CCNCCO)s2)s1. The Morgan fingerprint density at radius 1 is 0.724 bits per heavy atom. The minimum absolute atomic E-state index is 0.160. The largest absolute Gasteiger partial charge is 0.395 e. The fourth-order valence-corrected chi connectivity index (χ4v) is 6.31. The predicted octanol–water partition coefficient (Wildman–Crippen LogP) is 2.86. The summed E-state index contributed by atoms with van der Waals surface area (Å²) in [5, 5.41) is 35.3. The number of aliphatic hydroxyl groups is 2. The van der Waals surface area contributed by atoms with E-state index in [1.807, 2.05) is 0 Å². The molecule has 6 nitrogen and oxygen atoms in total. The van der Waals surface area contributed by atoms with Crippen molar-refractivity contribution in [3.8, 4) is 19.8 Å². The van der Waals surface area contributed by atoms with Crippen molar-refractivity contribution in [3.63, 3.8) is 0 Å². The van der Waals surface area contributed by atoms with Crippen LogP contribution in [0.5, 0.6) is 0 Å². The van der Waals surface area contributed by atoms with Crippen molar-refractivity contribution in [3.05, 3.63) is 33.0 Å². The van der Waals surface area contributed by atoms with E-state index in [2.05, 4.69) is 46.8 Å². The summed E-state index contributed by atoms with van der Waals surface area (Å²) in [5.41, 5.74) is 2.58. The molecule has 0 saturated carbocycles. The van der Waals surface area contributed by atoms with Gasteiger partial charge in [-0.25, -0.2) is 0 Å². The Bertz CT molecular complexity index is 833. The Morgan fingerprint density at radius 3 is 1.59 bits per heavy atom. The van der Waals surface area contributed by atoms with Crippen LogP contribution in [-0.4, -0.2) is 59.8 Å². The summed E-state index contributed by atoms with van der Waals surface area (Å²) in [7, 11) is 0. The average molecular weight is 453 g/mol. The standard InChI is InChI=1S/C20H28N4O2S3/c1-13-11-15(3-5-21-7-9-25)17(27-13)19-23-24-20(29-19)18-16(12-14(2)28-18)4-6-22-8-10-26/h11-12,21-22,25-26H,3-10H2,1-2H3. The van der Waals surface area contributed by atoms with Crippen LogP contribution in [0.2, 0.25) is 0 Å². The summed E-state index contributed by atoms with van der Waals surface area (Å²) in [4.78, 5) is 4.96. The summed E-state index contributed by atoms with van der Waals surface area (Å²) >= 11 is 5.20. The van der Waals surface area contributed by atoms with Gasteiger partial charge >= 0.3 is 0 Å². The van der Waals surface area contributed by atoms with Crippen LogP contribution < -0.4 is 10.6 Å². The van der Waals surface area contributed by atoms with Gasteiger partial charge in [0.05, 0.1) is 23.0 Å². The molecule has 0 aliphatic rings. The number of hydrogen-bond acceptors (Lipinski definition) is 9. The highest BCUT2D eigenvalue weighted by atomic mass is 32.1. The van der Waals surface area contributed by atoms with Crippen molar-refractivity contribution in [2.75, 3.05) is 39.4 Å². The fraction of sp³-hybridized carbons (Fsp3) is 0.500. The number of rotatable bonds is 12. The Morgan fingerprint density at radius 2 is 1.17 bits per heavy atom. The zero-order valence-electron chi connectivity index (χ0n) is 16.8. The third-order valence-electron chi connectivity index (χ3n) is 4.40. The van der Waals surface area contributed by atoms with Crippen molar-refractivity contribution in [1.82, 2.24) is 20.8 Å². The molecular formula is C20H28N4O2S3. The molecule has 0 spiro atoms. The molecule has 3 heterocycles. The molecule has 3 aromatic heterocycles. The molecule has 3 rings (SSSR count). The smallest absolute Gasteiger partial charge is 0.158 e. The van der Waals surface area contributed by atoms with Gasteiger partial charge < -0.3 is 20.8 Å². The van der Waals surface area contributed by atoms with Crippen molar-refractivity contribution in [2.45, 2.75) is 26.7 Å². The van der Waals surface area contributed by atoms with Crippen molar-refractivity contribution in [2.24, 2.45) is 0 Å². The number of nitrogens with one attached hydrogen (secondary N) is 2. The third kappa shape index (κ3) is 6.14. The highest BCUT2D eigenvalue weighted by Gasteiger charge is 2.18. The monoisotopic (exact) mass is 452 g/mol. The molecule has 4 N–H and O–H groups in total. The molecule has 29 heavy (non-hydrogen) atoms. The van der Waals surface area contributed by atoms with Crippen LogP contribution in [0.3, 0.4) is 0 Å². The van der Waals surface area contributed by atoms with Gasteiger partial charge in [0.2, 0.25) is 0 Å². The van der Waals surface area contributed by atoms with Crippen LogP contribution >= 0.6 is 34.0 Å². The Balaban J connectivity index is 1.76. The Labute approximate surface area is 183 Å². The van der Waals surface area contributed by atoms with E-state index >= 15 is 0 Å². The van der Waals surface area contributed by atoms with Crippen molar-refractivity contribution < 1.29 is 10.2 Å². The number of aryl methyl sites for hydroxylation is 2. The molecule has 9 heteroatoms. The lowest BCUT2D eigenvalue weighted by Gasteiger charge is -2.03. The second kappa shape index (κ2) is 11.3. The molecule has 0 radical (unpaired) electrons. The second-order valence-corrected chi connectivity index (χ2v) is 10.3. The number of hydrogen-bond donors (Lipinski definition) is 4. The average Bonchev–Trinajstić information content (AvgIpc) is 3.40. The predicted molar refractivity (Wildman–Crippen MR) is 123 cm³/mol. The van der Waals surface area contributed by atoms with Crippen LogP contribution in [0, 0.1) is 13.8 Å². The molecule has 0 fully saturated rings. The van der Waals surface area contributed by atoms with Crippen LogP contribution in [0.4, 0.5) is 0 Å². The van der Waals surface area contributed by atoms with E-state index in [1.165, 1.54) is 30.6 Å². The van der Waals surface area contributed by atoms with E-state index in [9.17, 15) is 0 Å². The normalized spacial score (nSPS) is 11.4. The molecule has 0 amide bonds. The van der Waals surface area contributed by atoms with E-state index < -0.39 is 0 Å². The first-order valence-corrected chi connectivity index (χ1v) is 12.2. The van der Waals surface area contributed by atoms with Gasteiger partial charge in [-0.05, 0) is 63.0 Å². The number of nitrogens with zero attached hydrogens (tertiary/aromatic N) is 2. The molecule has 0 bridgehead atoms. The van der Waals surface area contributed by atoms with E-state index in [4.69, 9.17) is 10.2 Å². The minimum atomic E-state index is 0.160. The molecule has 3 aromatic rings. The van der Waals surface area contributed by atoms with Gasteiger partial charge in [0.15, 0.2) is 10.0 Å². The van der Waals surface area contributed by atoms with Gasteiger partial charge in [-0.2, -0.15) is 0 Å². The fourth-order valence-electron chi connectivity index (χ4n) is 3.13. The van der Waals surface area contributed by atoms with Crippen LogP contribution in [0.1, 0.15) is 20.9 Å². The quantitative estimate of drug-likeness (QED) is 0.316. The van der Waals surface area contributed by atoms with E-state index in [0.29, 0.717) is 13.1 Å². The summed E-state index contributed by atoms with van der Waals surface area (Å²) in [5.74, 6) is 0. The van der Waals surface area contributed by atoms with Gasteiger partial charge in [0.1, 0.15) is 0 Å². The maximum atomic E-state index is 8.92. The van der Waals surface area contributed by atoms with E-state index in [0.717, 1.165) is 35.9 Å². The first-order chi connectivity index (χ1) is 14.1. The number of aromatic nitrogens is 2. The maximum Gasteiger partial charge on any atom is 0.158 e. The molecule has 0 aromatic carbocycles. The lowest BCUT2D eigenvalue weighted by molar-refractivity contribution is 0.292. The summed E-state index contributed by atoms with van der Waals surface area (Å²) < 4.78 is 0. The highest BCUT2D eigenvalue weighted by Crippen LogP contribution is 2.40. The topological polar surface area (TPSA) is 90.3 Å². The minimum Gasteiger partial charge on any atom is -0.395 e. The van der Waals surface area contributed by atoms with Gasteiger partial charge in [-0.3, -0.25) is 0 Å². The molecule has 158 valence electrons.